The molecule has 0 atom stereocenters. The molecule has 0 bridgehead atoms. The van der Waals surface area contributed by atoms with Crippen LogP contribution in [0.15, 0.2) is 47.4 Å². The molecule has 0 aliphatic carbocycles. The van der Waals surface area contributed by atoms with Crippen LogP contribution in [-0.4, -0.2) is 64.6 Å². The summed E-state index contributed by atoms with van der Waals surface area (Å²) in [4.78, 5) is 15.1. The number of carbonyl (C=O) groups is 1. The molecule has 10 heteroatoms. The first-order chi connectivity index (χ1) is 17.0. The molecule has 186 valence electrons. The highest BCUT2D eigenvalue weighted by atomic mass is 32.2. The van der Waals surface area contributed by atoms with Crippen LogP contribution in [0.1, 0.15) is 24.8 Å². The number of anilines is 2. The fourth-order valence-corrected chi connectivity index (χ4v) is 5.69. The van der Waals surface area contributed by atoms with Gasteiger partial charge in [0.1, 0.15) is 5.75 Å². The molecule has 0 aromatic heterocycles. The minimum absolute atomic E-state index is 0.143. The van der Waals surface area contributed by atoms with Crippen LogP contribution in [0.4, 0.5) is 11.4 Å². The average Bonchev–Trinajstić information content (AvgIpc) is 2.89. The van der Waals surface area contributed by atoms with E-state index in [1.807, 2.05) is 0 Å². The fourth-order valence-electron chi connectivity index (χ4n) is 4.25. The first-order valence-corrected chi connectivity index (χ1v) is 13.3. The van der Waals surface area contributed by atoms with E-state index in [2.05, 4.69) is 16.3 Å². The molecule has 0 saturated carbocycles. The van der Waals surface area contributed by atoms with E-state index in [-0.39, 0.29) is 17.4 Å². The van der Waals surface area contributed by atoms with Gasteiger partial charge in [-0.15, -0.1) is 0 Å². The number of sulfonamides is 1. The fraction of sp³-hybridized carbons (Fsp3) is 0.440. The minimum atomic E-state index is -3.70. The van der Waals surface area contributed by atoms with Gasteiger partial charge in [-0.25, -0.2) is 8.42 Å². The van der Waals surface area contributed by atoms with Crippen molar-refractivity contribution in [1.29, 1.82) is 5.26 Å². The predicted molar refractivity (Wildman–Crippen MR) is 132 cm³/mol. The number of ether oxygens (including phenoxy) is 2. The van der Waals surface area contributed by atoms with Crippen molar-refractivity contribution in [2.75, 3.05) is 56.2 Å². The zero-order chi connectivity index (χ0) is 24.7. The Morgan fingerprint density at radius 1 is 1.03 bits per heavy atom. The second kappa shape index (κ2) is 11.5. The van der Waals surface area contributed by atoms with Crippen LogP contribution in [0, 0.1) is 11.3 Å². The smallest absolute Gasteiger partial charge is 0.262 e. The van der Waals surface area contributed by atoms with Crippen molar-refractivity contribution in [2.45, 2.75) is 30.6 Å². The van der Waals surface area contributed by atoms with Gasteiger partial charge in [0.25, 0.3) is 5.91 Å². The molecule has 0 spiro atoms. The van der Waals surface area contributed by atoms with Crippen LogP contribution in [0.5, 0.6) is 5.75 Å². The molecule has 1 amide bonds. The van der Waals surface area contributed by atoms with Crippen molar-refractivity contribution in [3.05, 3.63) is 48.0 Å². The lowest BCUT2D eigenvalue weighted by Crippen LogP contribution is -2.40. The molecular weight excluding hydrogens is 468 g/mol. The molecule has 2 fully saturated rings. The lowest BCUT2D eigenvalue weighted by atomic mass is 10.1. The third-order valence-corrected chi connectivity index (χ3v) is 8.02. The van der Waals surface area contributed by atoms with Crippen LogP contribution in [-0.2, 0) is 26.0 Å². The van der Waals surface area contributed by atoms with E-state index in [4.69, 9.17) is 14.7 Å². The topological polar surface area (TPSA) is 112 Å². The van der Waals surface area contributed by atoms with Gasteiger partial charge in [-0.1, -0.05) is 12.1 Å². The highest BCUT2D eigenvalue weighted by Crippen LogP contribution is 2.32. The first-order valence-electron chi connectivity index (χ1n) is 11.8. The standard InChI is InChI=1S/C25H30N4O5S/c26-11-10-20-4-6-21(7-5-20)34-19-25(30)27-23-18-22(35(31,32)29-14-16-33-17-15-29)8-9-24(23)28-12-2-1-3-13-28/h4-9,18H,1-3,10,12-17,19H2,(H,27,30). The van der Waals surface area contributed by atoms with Gasteiger partial charge in [0.15, 0.2) is 6.61 Å². The molecule has 9 nitrogen and oxygen atoms in total. The van der Waals surface area contributed by atoms with Crippen molar-refractivity contribution < 1.29 is 22.7 Å². The Kier molecular flexibility index (Phi) is 8.23. The number of hydrogen-bond donors (Lipinski definition) is 1. The summed E-state index contributed by atoms with van der Waals surface area (Å²) in [5, 5.41) is 11.7. The molecular formula is C25H30N4O5S. The van der Waals surface area contributed by atoms with Crippen molar-refractivity contribution >= 4 is 27.3 Å². The van der Waals surface area contributed by atoms with Crippen LogP contribution in [0.25, 0.3) is 0 Å². The Morgan fingerprint density at radius 3 is 2.43 bits per heavy atom. The number of hydrogen-bond acceptors (Lipinski definition) is 7. The quantitative estimate of drug-likeness (QED) is 0.596. The van der Waals surface area contributed by atoms with E-state index in [9.17, 15) is 13.2 Å². The van der Waals surface area contributed by atoms with Crippen LogP contribution < -0.4 is 15.0 Å². The zero-order valence-electron chi connectivity index (χ0n) is 19.6. The number of carbonyl (C=O) groups excluding carboxylic acids is 1. The Bertz CT molecular complexity index is 1170. The van der Waals surface area contributed by atoms with Gasteiger partial charge in [0.2, 0.25) is 10.0 Å². The van der Waals surface area contributed by atoms with Crippen LogP contribution in [0.3, 0.4) is 0 Å². The molecule has 2 aromatic carbocycles. The van der Waals surface area contributed by atoms with E-state index in [1.165, 1.54) is 4.31 Å². The van der Waals surface area contributed by atoms with Gasteiger partial charge in [-0.2, -0.15) is 9.57 Å². The molecule has 2 heterocycles. The SMILES string of the molecule is N#CCc1ccc(OCC(=O)Nc2cc(S(=O)(=O)N3CCOCC3)ccc2N2CCCCC2)cc1. The first kappa shape index (κ1) is 25.0. The second-order valence-corrected chi connectivity index (χ2v) is 10.5. The van der Waals surface area contributed by atoms with E-state index in [0.29, 0.717) is 44.2 Å². The number of nitrogens with one attached hydrogen (secondary N) is 1. The van der Waals surface area contributed by atoms with Crippen molar-refractivity contribution in [2.24, 2.45) is 0 Å². The summed E-state index contributed by atoms with van der Waals surface area (Å²) in [5.74, 6) is 0.132. The molecule has 2 aromatic rings. The predicted octanol–water partition coefficient (Wildman–Crippen LogP) is 2.78. The molecule has 2 aliphatic heterocycles. The molecule has 2 saturated heterocycles. The number of benzene rings is 2. The van der Waals surface area contributed by atoms with Gasteiger partial charge in [-0.05, 0) is 55.2 Å². The van der Waals surface area contributed by atoms with Gasteiger partial charge < -0.3 is 19.7 Å². The summed E-state index contributed by atoms with van der Waals surface area (Å²) in [5.41, 5.74) is 2.13. The van der Waals surface area contributed by atoms with Gasteiger partial charge in [-0.3, -0.25) is 4.79 Å². The molecule has 0 unspecified atom stereocenters. The summed E-state index contributed by atoms with van der Waals surface area (Å²) in [6.07, 6.45) is 3.56. The summed E-state index contributed by atoms with van der Waals surface area (Å²) < 4.78 is 38.7. The molecule has 2 aliphatic rings. The number of rotatable bonds is 8. The van der Waals surface area contributed by atoms with Gasteiger partial charge in [0, 0.05) is 26.2 Å². The van der Waals surface area contributed by atoms with E-state index in [0.717, 1.165) is 43.6 Å². The van der Waals surface area contributed by atoms with E-state index in [1.54, 1.807) is 42.5 Å². The Labute approximate surface area is 206 Å². The van der Waals surface area contributed by atoms with Crippen molar-refractivity contribution in [3.8, 4) is 11.8 Å². The normalized spacial score (nSPS) is 16.9. The summed E-state index contributed by atoms with van der Waals surface area (Å²) in [6.45, 7) is 2.82. The highest BCUT2D eigenvalue weighted by Gasteiger charge is 2.28. The molecule has 4 rings (SSSR count). The monoisotopic (exact) mass is 498 g/mol. The maximum absolute atomic E-state index is 13.2. The lowest BCUT2D eigenvalue weighted by molar-refractivity contribution is -0.118. The molecule has 35 heavy (non-hydrogen) atoms. The lowest BCUT2D eigenvalue weighted by Gasteiger charge is -2.31. The van der Waals surface area contributed by atoms with E-state index >= 15 is 0 Å². The minimum Gasteiger partial charge on any atom is -0.484 e. The summed E-state index contributed by atoms with van der Waals surface area (Å²) >= 11 is 0. The maximum atomic E-state index is 13.2. The summed E-state index contributed by atoms with van der Waals surface area (Å²) in [6, 6.07) is 14.0. The average molecular weight is 499 g/mol. The number of piperidine rings is 1. The van der Waals surface area contributed by atoms with Crippen LogP contribution >= 0.6 is 0 Å². The van der Waals surface area contributed by atoms with Crippen molar-refractivity contribution in [1.82, 2.24) is 4.31 Å². The second-order valence-electron chi connectivity index (χ2n) is 8.56. The summed E-state index contributed by atoms with van der Waals surface area (Å²) in [7, 11) is -3.70. The third-order valence-electron chi connectivity index (χ3n) is 6.12. The Hall–Kier alpha value is -3.13. The number of morpholine rings is 1. The van der Waals surface area contributed by atoms with Crippen molar-refractivity contribution in [3.63, 3.8) is 0 Å². The zero-order valence-corrected chi connectivity index (χ0v) is 20.4. The maximum Gasteiger partial charge on any atom is 0.262 e. The third kappa shape index (κ3) is 6.31. The highest BCUT2D eigenvalue weighted by molar-refractivity contribution is 7.89. The number of amides is 1. The largest absolute Gasteiger partial charge is 0.484 e. The van der Waals surface area contributed by atoms with E-state index < -0.39 is 10.0 Å². The Balaban J connectivity index is 1.51. The Morgan fingerprint density at radius 2 is 1.74 bits per heavy atom. The van der Waals surface area contributed by atoms with Gasteiger partial charge in [0.05, 0.1) is 42.0 Å². The van der Waals surface area contributed by atoms with Gasteiger partial charge >= 0.3 is 0 Å². The number of nitrogens with zero attached hydrogens (tertiary/aromatic N) is 3. The molecule has 0 radical (unpaired) electrons. The van der Waals surface area contributed by atoms with Crippen LogP contribution in [0.2, 0.25) is 0 Å². The molecule has 1 N–H and O–H groups in total. The number of nitriles is 1.